The van der Waals surface area contributed by atoms with Gasteiger partial charge in [0.1, 0.15) is 5.15 Å². The van der Waals surface area contributed by atoms with E-state index in [1.54, 1.807) is 12.4 Å². The second-order valence-corrected chi connectivity index (χ2v) is 3.30. The number of hydrogen-bond acceptors (Lipinski definition) is 3. The lowest BCUT2D eigenvalue weighted by atomic mass is 10.2. The maximum absolute atomic E-state index is 5.62. The molecule has 2 heterocycles. The van der Waals surface area contributed by atoms with Gasteiger partial charge in [0.2, 0.25) is 0 Å². The van der Waals surface area contributed by atoms with Crippen LogP contribution in [0.4, 0.5) is 0 Å². The van der Waals surface area contributed by atoms with Gasteiger partial charge in [-0.15, -0.1) is 0 Å². The minimum absolute atomic E-state index is 0.384. The van der Waals surface area contributed by atoms with Gasteiger partial charge in [-0.3, -0.25) is 4.98 Å². The lowest BCUT2D eigenvalue weighted by Gasteiger charge is -2.07. The molecule has 2 rings (SSSR count). The van der Waals surface area contributed by atoms with Gasteiger partial charge >= 0.3 is 0 Å². The van der Waals surface area contributed by atoms with Crippen LogP contribution in [0.3, 0.4) is 0 Å². The predicted molar refractivity (Wildman–Crippen MR) is 47.0 cm³/mol. The van der Waals surface area contributed by atoms with Gasteiger partial charge in [-0.25, -0.2) is 4.98 Å². The summed E-state index contributed by atoms with van der Waals surface area (Å²) in [5.74, 6) is 0. The lowest BCUT2D eigenvalue weighted by Crippen LogP contribution is -2.14. The normalized spacial score (nSPS) is 22.9. The standard InChI is InChI=1S/C8H10ClN3/c9-8-5-11-7(4-12-8)6-2-1-3-10-6/h4-6,10H,1-3H2/t6-/m0/s1. The van der Waals surface area contributed by atoms with Crippen molar-refractivity contribution in [1.29, 1.82) is 0 Å². The number of nitrogens with one attached hydrogen (secondary N) is 1. The first-order valence-corrected chi connectivity index (χ1v) is 4.45. The fourth-order valence-electron chi connectivity index (χ4n) is 1.44. The highest BCUT2D eigenvalue weighted by Gasteiger charge is 2.17. The van der Waals surface area contributed by atoms with Gasteiger partial charge in [-0.2, -0.15) is 0 Å². The van der Waals surface area contributed by atoms with Crippen LogP contribution in [0.1, 0.15) is 24.6 Å². The fraction of sp³-hybridized carbons (Fsp3) is 0.500. The fourth-order valence-corrected chi connectivity index (χ4v) is 1.54. The molecule has 4 heteroatoms. The Balaban J connectivity index is 2.17. The van der Waals surface area contributed by atoms with Gasteiger partial charge in [-0.1, -0.05) is 11.6 Å². The molecule has 0 aromatic carbocycles. The predicted octanol–water partition coefficient (Wildman–Crippen LogP) is 1.55. The van der Waals surface area contributed by atoms with Crippen molar-refractivity contribution in [3.8, 4) is 0 Å². The highest BCUT2D eigenvalue weighted by atomic mass is 35.5. The van der Waals surface area contributed by atoms with Crippen molar-refractivity contribution in [3.63, 3.8) is 0 Å². The van der Waals surface area contributed by atoms with E-state index >= 15 is 0 Å². The molecule has 0 aliphatic carbocycles. The summed E-state index contributed by atoms with van der Waals surface area (Å²) in [6.07, 6.45) is 5.70. The van der Waals surface area contributed by atoms with Crippen LogP contribution in [0.15, 0.2) is 12.4 Å². The molecule has 1 fully saturated rings. The van der Waals surface area contributed by atoms with Crippen molar-refractivity contribution >= 4 is 11.6 Å². The average Bonchev–Trinajstić information content (AvgIpc) is 2.58. The van der Waals surface area contributed by atoms with Crippen LogP contribution in [0.25, 0.3) is 0 Å². The lowest BCUT2D eigenvalue weighted by molar-refractivity contribution is 0.624. The third-order valence-corrected chi connectivity index (χ3v) is 2.25. The van der Waals surface area contributed by atoms with E-state index in [9.17, 15) is 0 Å². The Kier molecular flexibility index (Phi) is 2.23. The van der Waals surface area contributed by atoms with Crippen LogP contribution < -0.4 is 5.32 Å². The second kappa shape index (κ2) is 3.37. The van der Waals surface area contributed by atoms with Crippen LogP contribution in [0.2, 0.25) is 5.15 Å². The molecule has 64 valence electrons. The maximum atomic E-state index is 5.62. The van der Waals surface area contributed by atoms with Gasteiger partial charge < -0.3 is 5.32 Å². The Labute approximate surface area is 76.2 Å². The smallest absolute Gasteiger partial charge is 0.147 e. The Morgan fingerprint density at radius 1 is 1.42 bits per heavy atom. The van der Waals surface area contributed by atoms with E-state index in [0.29, 0.717) is 11.2 Å². The van der Waals surface area contributed by atoms with Gasteiger partial charge in [0.15, 0.2) is 0 Å². The molecular formula is C8H10ClN3. The van der Waals surface area contributed by atoms with E-state index in [1.165, 1.54) is 6.42 Å². The molecule has 1 saturated heterocycles. The van der Waals surface area contributed by atoms with E-state index in [2.05, 4.69) is 15.3 Å². The first-order valence-electron chi connectivity index (χ1n) is 4.07. The van der Waals surface area contributed by atoms with Gasteiger partial charge in [0, 0.05) is 0 Å². The van der Waals surface area contributed by atoms with Crippen LogP contribution in [0.5, 0.6) is 0 Å². The van der Waals surface area contributed by atoms with E-state index in [0.717, 1.165) is 18.7 Å². The van der Waals surface area contributed by atoms with Crippen molar-refractivity contribution < 1.29 is 0 Å². The number of hydrogen-bond donors (Lipinski definition) is 1. The third kappa shape index (κ3) is 1.57. The van der Waals surface area contributed by atoms with Crippen molar-refractivity contribution in [3.05, 3.63) is 23.2 Å². The molecular weight excluding hydrogens is 174 g/mol. The van der Waals surface area contributed by atoms with Crippen molar-refractivity contribution in [2.45, 2.75) is 18.9 Å². The van der Waals surface area contributed by atoms with Crippen LogP contribution in [-0.4, -0.2) is 16.5 Å². The van der Waals surface area contributed by atoms with Crippen molar-refractivity contribution in [2.24, 2.45) is 0 Å². The number of halogens is 1. The summed E-state index contributed by atoms with van der Waals surface area (Å²) in [7, 11) is 0. The van der Waals surface area contributed by atoms with Crippen molar-refractivity contribution in [2.75, 3.05) is 6.54 Å². The molecule has 0 bridgehead atoms. The summed E-state index contributed by atoms with van der Waals surface area (Å²) in [6.45, 7) is 1.08. The number of aromatic nitrogens is 2. The molecule has 1 atom stereocenters. The van der Waals surface area contributed by atoms with E-state index < -0.39 is 0 Å². The average molecular weight is 184 g/mol. The molecule has 3 nitrogen and oxygen atoms in total. The van der Waals surface area contributed by atoms with Gasteiger partial charge in [-0.05, 0) is 19.4 Å². The number of rotatable bonds is 1. The van der Waals surface area contributed by atoms with Crippen LogP contribution in [-0.2, 0) is 0 Å². The van der Waals surface area contributed by atoms with Crippen LogP contribution in [0, 0.1) is 0 Å². The molecule has 0 radical (unpaired) electrons. The maximum Gasteiger partial charge on any atom is 0.147 e. The summed E-state index contributed by atoms with van der Waals surface area (Å²) in [5.41, 5.74) is 0.997. The molecule has 1 aliphatic heterocycles. The minimum Gasteiger partial charge on any atom is -0.309 e. The van der Waals surface area contributed by atoms with Crippen molar-refractivity contribution in [1.82, 2.24) is 15.3 Å². The van der Waals surface area contributed by atoms with E-state index in [-0.39, 0.29) is 0 Å². The SMILES string of the molecule is Clc1cnc([C@@H]2CCCN2)cn1. The first-order chi connectivity index (χ1) is 5.86. The Morgan fingerprint density at radius 3 is 2.92 bits per heavy atom. The summed E-state index contributed by atoms with van der Waals surface area (Å²) in [4.78, 5) is 8.19. The summed E-state index contributed by atoms with van der Waals surface area (Å²) in [5, 5.41) is 3.80. The van der Waals surface area contributed by atoms with E-state index in [4.69, 9.17) is 11.6 Å². The zero-order valence-electron chi connectivity index (χ0n) is 6.63. The zero-order valence-corrected chi connectivity index (χ0v) is 7.38. The summed E-state index contributed by atoms with van der Waals surface area (Å²) >= 11 is 5.62. The summed E-state index contributed by atoms with van der Waals surface area (Å²) < 4.78 is 0. The number of nitrogens with zero attached hydrogens (tertiary/aromatic N) is 2. The Morgan fingerprint density at radius 2 is 2.33 bits per heavy atom. The Bertz CT molecular complexity index is 254. The highest BCUT2D eigenvalue weighted by molar-refractivity contribution is 6.29. The molecule has 0 amide bonds. The first kappa shape index (κ1) is 7.95. The zero-order chi connectivity index (χ0) is 8.39. The molecule has 1 aromatic rings. The largest absolute Gasteiger partial charge is 0.309 e. The molecule has 1 N–H and O–H groups in total. The molecule has 0 spiro atoms. The highest BCUT2D eigenvalue weighted by Crippen LogP contribution is 2.20. The topological polar surface area (TPSA) is 37.8 Å². The quantitative estimate of drug-likeness (QED) is 0.718. The second-order valence-electron chi connectivity index (χ2n) is 2.91. The van der Waals surface area contributed by atoms with Gasteiger partial charge in [0.25, 0.3) is 0 Å². The Hall–Kier alpha value is -0.670. The monoisotopic (exact) mass is 183 g/mol. The molecule has 1 aliphatic rings. The molecule has 0 saturated carbocycles. The third-order valence-electron chi connectivity index (χ3n) is 2.06. The summed E-state index contributed by atoms with van der Waals surface area (Å²) in [6, 6.07) is 0.384. The van der Waals surface area contributed by atoms with Crippen LogP contribution >= 0.6 is 11.6 Å². The molecule has 0 unspecified atom stereocenters. The van der Waals surface area contributed by atoms with E-state index in [1.807, 2.05) is 0 Å². The molecule has 1 aromatic heterocycles. The molecule has 12 heavy (non-hydrogen) atoms. The minimum atomic E-state index is 0.384. The van der Waals surface area contributed by atoms with Gasteiger partial charge in [0.05, 0.1) is 24.1 Å².